The van der Waals surface area contributed by atoms with Gasteiger partial charge in [-0.25, -0.2) is 5.48 Å². The Balaban J connectivity index is 1.67. The van der Waals surface area contributed by atoms with E-state index in [0.717, 1.165) is 42.1 Å². The van der Waals surface area contributed by atoms with Gasteiger partial charge in [0.05, 0.1) is 0 Å². The second kappa shape index (κ2) is 8.34. The van der Waals surface area contributed by atoms with Crippen molar-refractivity contribution in [3.8, 4) is 0 Å². The van der Waals surface area contributed by atoms with Crippen LogP contribution in [0.3, 0.4) is 0 Å². The van der Waals surface area contributed by atoms with Gasteiger partial charge in [0, 0.05) is 36.4 Å². The summed E-state index contributed by atoms with van der Waals surface area (Å²) in [6, 6.07) is 7.99. The maximum Gasteiger partial charge on any atom is 0.243 e. The Kier molecular flexibility index (Phi) is 6.15. The minimum atomic E-state index is -0.351. The highest BCUT2D eigenvalue weighted by atomic mass is 16.5. The molecule has 0 spiro atoms. The Hall–Kier alpha value is -2.14. The second-order valence-electron chi connectivity index (χ2n) is 5.52. The number of benzene rings is 1. The first-order valence-corrected chi connectivity index (χ1v) is 7.70. The number of H-pyrrole nitrogens is 1. The van der Waals surface area contributed by atoms with Crippen LogP contribution in [0.25, 0.3) is 10.9 Å². The molecule has 3 N–H and O–H groups in total. The Morgan fingerprint density at radius 1 is 1.05 bits per heavy atom. The second-order valence-corrected chi connectivity index (χ2v) is 5.52. The Labute approximate surface area is 129 Å². The summed E-state index contributed by atoms with van der Waals surface area (Å²) in [5, 5.41) is 9.48. The van der Waals surface area contributed by atoms with Crippen LogP contribution in [0.4, 0.5) is 0 Å². The fourth-order valence-electron chi connectivity index (χ4n) is 2.60. The molecule has 1 heterocycles. The molecule has 0 atom stereocenters. The molecule has 0 bridgehead atoms. The zero-order chi connectivity index (χ0) is 15.8. The van der Waals surface area contributed by atoms with Crippen molar-refractivity contribution in [3.63, 3.8) is 0 Å². The standard InChI is InChI=1S/C17H22N2O3/c20-14(7-3-1-2-4-10-17(21)19-22)11-13-12-18-16-9-6-5-8-15(13)16/h5-6,8-9,12,18,22H,1-4,7,10-11H2,(H,19,21). The normalized spacial score (nSPS) is 10.8. The minimum absolute atomic E-state index is 0.248. The van der Waals surface area contributed by atoms with Crippen LogP contribution in [0.2, 0.25) is 0 Å². The van der Waals surface area contributed by atoms with E-state index in [1.54, 1.807) is 5.48 Å². The lowest BCUT2D eigenvalue weighted by Crippen LogP contribution is -2.17. The van der Waals surface area contributed by atoms with Gasteiger partial charge in [-0.3, -0.25) is 14.8 Å². The van der Waals surface area contributed by atoms with Crippen molar-refractivity contribution >= 4 is 22.6 Å². The van der Waals surface area contributed by atoms with E-state index in [4.69, 9.17) is 5.21 Å². The van der Waals surface area contributed by atoms with Crippen LogP contribution in [0, 0.1) is 0 Å². The third-order valence-corrected chi connectivity index (χ3v) is 3.80. The van der Waals surface area contributed by atoms with E-state index < -0.39 is 0 Å². The van der Waals surface area contributed by atoms with Crippen molar-refractivity contribution in [1.29, 1.82) is 0 Å². The minimum Gasteiger partial charge on any atom is -0.361 e. The lowest BCUT2D eigenvalue weighted by Gasteiger charge is -2.02. The Morgan fingerprint density at radius 3 is 2.55 bits per heavy atom. The number of hydroxylamine groups is 1. The van der Waals surface area contributed by atoms with Gasteiger partial charge < -0.3 is 4.98 Å². The molecule has 0 fully saturated rings. The molecule has 1 amide bonds. The average molecular weight is 302 g/mol. The fourth-order valence-corrected chi connectivity index (χ4v) is 2.60. The van der Waals surface area contributed by atoms with Crippen molar-refractivity contribution in [2.75, 3.05) is 0 Å². The van der Waals surface area contributed by atoms with Gasteiger partial charge in [0.15, 0.2) is 0 Å². The van der Waals surface area contributed by atoms with Gasteiger partial charge in [0.1, 0.15) is 5.78 Å². The molecule has 118 valence electrons. The summed E-state index contributed by atoms with van der Waals surface area (Å²) in [5.41, 5.74) is 3.74. The van der Waals surface area contributed by atoms with Gasteiger partial charge >= 0.3 is 0 Å². The summed E-state index contributed by atoms with van der Waals surface area (Å²) in [5.74, 6) is -0.103. The van der Waals surface area contributed by atoms with E-state index in [2.05, 4.69) is 4.98 Å². The number of nitrogens with one attached hydrogen (secondary N) is 2. The predicted molar refractivity (Wildman–Crippen MR) is 84.6 cm³/mol. The molecule has 1 aromatic carbocycles. The number of amides is 1. The third kappa shape index (κ3) is 4.70. The first kappa shape index (κ1) is 16.2. The summed E-state index contributed by atoms with van der Waals surface area (Å²) in [7, 11) is 0. The van der Waals surface area contributed by atoms with Crippen molar-refractivity contribution in [2.24, 2.45) is 0 Å². The van der Waals surface area contributed by atoms with Gasteiger partial charge in [0.2, 0.25) is 5.91 Å². The number of fused-ring (bicyclic) bond motifs is 1. The van der Waals surface area contributed by atoms with Crippen molar-refractivity contribution in [3.05, 3.63) is 36.0 Å². The summed E-state index contributed by atoms with van der Waals surface area (Å²) < 4.78 is 0. The van der Waals surface area contributed by atoms with Gasteiger partial charge in [-0.15, -0.1) is 0 Å². The smallest absolute Gasteiger partial charge is 0.243 e. The van der Waals surface area contributed by atoms with Crippen LogP contribution in [0.1, 0.15) is 44.1 Å². The number of rotatable bonds is 9. The van der Waals surface area contributed by atoms with Crippen molar-refractivity contribution in [1.82, 2.24) is 10.5 Å². The van der Waals surface area contributed by atoms with E-state index in [-0.39, 0.29) is 11.7 Å². The highest BCUT2D eigenvalue weighted by molar-refractivity contribution is 5.89. The number of para-hydroxylation sites is 1. The summed E-state index contributed by atoms with van der Waals surface area (Å²) in [6.45, 7) is 0. The molecule has 0 aliphatic rings. The summed E-state index contributed by atoms with van der Waals surface area (Å²) in [4.78, 5) is 26.0. The number of carbonyl (C=O) groups excluding carboxylic acids is 2. The number of ketones is 1. The monoisotopic (exact) mass is 302 g/mol. The predicted octanol–water partition coefficient (Wildman–Crippen LogP) is 3.13. The molecule has 5 heteroatoms. The quantitative estimate of drug-likeness (QED) is 0.378. The largest absolute Gasteiger partial charge is 0.361 e. The zero-order valence-electron chi connectivity index (χ0n) is 12.6. The number of hydrogen-bond acceptors (Lipinski definition) is 3. The van der Waals surface area contributed by atoms with Crippen molar-refractivity contribution < 1.29 is 14.8 Å². The lowest BCUT2D eigenvalue weighted by atomic mass is 10.0. The van der Waals surface area contributed by atoms with Gasteiger partial charge in [0.25, 0.3) is 0 Å². The third-order valence-electron chi connectivity index (χ3n) is 3.80. The number of unbranched alkanes of at least 4 members (excludes halogenated alkanes) is 3. The molecule has 1 aromatic heterocycles. The SMILES string of the molecule is O=C(CCCCCCC(=O)NO)Cc1c[nH]c2ccccc12. The number of Topliss-reactive ketones (excluding diaryl/α,β-unsaturated/α-hetero) is 1. The zero-order valence-corrected chi connectivity index (χ0v) is 12.6. The van der Waals surface area contributed by atoms with E-state index in [0.29, 0.717) is 19.3 Å². The fraction of sp³-hybridized carbons (Fsp3) is 0.412. The van der Waals surface area contributed by atoms with E-state index in [9.17, 15) is 9.59 Å². The molecular formula is C17H22N2O3. The molecule has 2 rings (SSSR count). The van der Waals surface area contributed by atoms with Gasteiger partial charge in [-0.2, -0.15) is 0 Å². The molecule has 5 nitrogen and oxygen atoms in total. The highest BCUT2D eigenvalue weighted by Gasteiger charge is 2.08. The van der Waals surface area contributed by atoms with Crippen LogP contribution < -0.4 is 5.48 Å². The first-order chi connectivity index (χ1) is 10.7. The van der Waals surface area contributed by atoms with E-state index in [1.165, 1.54) is 0 Å². The molecule has 0 saturated heterocycles. The van der Waals surface area contributed by atoms with Crippen LogP contribution >= 0.6 is 0 Å². The molecule has 0 saturated carbocycles. The molecule has 2 aromatic rings. The van der Waals surface area contributed by atoms with Crippen LogP contribution in [0.5, 0.6) is 0 Å². The number of aromatic nitrogens is 1. The Morgan fingerprint density at radius 2 is 1.77 bits per heavy atom. The molecule has 0 unspecified atom stereocenters. The first-order valence-electron chi connectivity index (χ1n) is 7.70. The Bertz CT molecular complexity index is 634. The average Bonchev–Trinajstić information content (AvgIpc) is 2.93. The molecule has 22 heavy (non-hydrogen) atoms. The molecule has 0 aliphatic heterocycles. The molecular weight excluding hydrogens is 280 g/mol. The number of aromatic amines is 1. The van der Waals surface area contributed by atoms with Gasteiger partial charge in [-0.1, -0.05) is 31.0 Å². The maximum absolute atomic E-state index is 12.0. The van der Waals surface area contributed by atoms with Gasteiger partial charge in [-0.05, 0) is 24.5 Å². The summed E-state index contributed by atoms with van der Waals surface area (Å²) in [6.07, 6.45) is 6.70. The van der Waals surface area contributed by atoms with Crippen molar-refractivity contribution in [2.45, 2.75) is 44.9 Å². The van der Waals surface area contributed by atoms with E-state index >= 15 is 0 Å². The van der Waals surface area contributed by atoms with Crippen LogP contribution in [0.15, 0.2) is 30.5 Å². The lowest BCUT2D eigenvalue weighted by molar-refractivity contribution is -0.129. The topological polar surface area (TPSA) is 82.2 Å². The number of carbonyl (C=O) groups is 2. The van der Waals surface area contributed by atoms with E-state index in [1.807, 2.05) is 30.5 Å². The van der Waals surface area contributed by atoms with Crippen LogP contribution in [-0.4, -0.2) is 21.9 Å². The highest BCUT2D eigenvalue weighted by Crippen LogP contribution is 2.19. The molecule has 0 radical (unpaired) electrons. The van der Waals surface area contributed by atoms with Crippen LogP contribution in [-0.2, 0) is 16.0 Å². The summed E-state index contributed by atoms with van der Waals surface area (Å²) >= 11 is 0. The maximum atomic E-state index is 12.0. The molecule has 0 aliphatic carbocycles. The number of hydrogen-bond donors (Lipinski definition) is 3.